The number of amides is 1. The standard InChI is InChI=1S/C55H84N2O9S/c1-6-8-9-10-11-12-13-14-18-27-51(61)57(30-35-62-36-33-60)50-41-48(56-66-54(3,4)5)46-39-42(23-19-21-31-58)45(26-20-22-32-59)52-47-40-43(63-37-38-67-44-24-16-15-17-25-44)28-29-49(47)65-55(50,53(46)52)64-34-7-2/h7,15-17,24-25,28-29,39-40,42,45,50,52-53,58-60H,2,6,8-14,18-23,26-27,30-38,41H2,1,3-5H3/t42-,45+,50-,52+,53+,55+/m0/s1. The van der Waals surface area contributed by atoms with Crippen LogP contribution in [0.5, 0.6) is 11.5 Å². The molecule has 2 aliphatic carbocycles. The van der Waals surface area contributed by atoms with Crippen LogP contribution in [0.4, 0.5) is 0 Å². The average Bonchev–Trinajstić information content (AvgIpc) is 3.32. The highest BCUT2D eigenvalue weighted by Crippen LogP contribution is 2.62. The number of oxime groups is 1. The molecule has 2 aromatic carbocycles. The SMILES string of the molecule is C=CCO[C@@]12Oc3ccc(OCCSc4ccccc4)cc3[C@H]3[C@H](CCCCO)[C@@H](CCCCO)C=C(C(=NOC(C)(C)C)C[C@@H]1N(CCOCCO)C(=O)CCCCCCCCCCC)[C@H]32. The molecule has 1 aliphatic heterocycles. The summed E-state index contributed by atoms with van der Waals surface area (Å²) in [4.78, 5) is 24.4. The Labute approximate surface area is 407 Å². The number of thioether (sulfide) groups is 1. The maximum Gasteiger partial charge on any atom is 0.239 e. The largest absolute Gasteiger partial charge is 0.493 e. The van der Waals surface area contributed by atoms with Crippen molar-refractivity contribution in [3.63, 3.8) is 0 Å². The van der Waals surface area contributed by atoms with Gasteiger partial charge in [0.15, 0.2) is 0 Å². The molecule has 12 heteroatoms. The van der Waals surface area contributed by atoms with Gasteiger partial charge in [0.2, 0.25) is 11.7 Å². The Hall–Kier alpha value is -3.39. The van der Waals surface area contributed by atoms with Gasteiger partial charge in [0, 0.05) is 54.7 Å². The normalized spacial score (nSPS) is 22.6. The summed E-state index contributed by atoms with van der Waals surface area (Å²) >= 11 is 1.76. The molecule has 0 unspecified atom stereocenters. The zero-order valence-corrected chi connectivity index (χ0v) is 42.2. The molecule has 3 aliphatic rings. The van der Waals surface area contributed by atoms with Gasteiger partial charge in [-0.05, 0) is 101 Å². The van der Waals surface area contributed by atoms with Gasteiger partial charge < -0.3 is 44.0 Å². The van der Waals surface area contributed by atoms with E-state index in [0.717, 1.165) is 73.3 Å². The zero-order chi connectivity index (χ0) is 47.9. The molecular weight excluding hydrogens is 865 g/mol. The number of hydrogen-bond acceptors (Lipinski definition) is 11. The van der Waals surface area contributed by atoms with E-state index in [0.29, 0.717) is 38.0 Å². The number of carbonyl (C=O) groups is 1. The van der Waals surface area contributed by atoms with E-state index in [1.807, 2.05) is 56.0 Å². The highest BCUT2D eigenvalue weighted by atomic mass is 32.2. The Morgan fingerprint density at radius 1 is 0.896 bits per heavy atom. The number of fused-ring (bicyclic) bond motifs is 2. The van der Waals surface area contributed by atoms with E-state index in [-0.39, 0.29) is 69.8 Å². The number of allylic oxidation sites excluding steroid dienone is 1. The van der Waals surface area contributed by atoms with Crippen molar-refractivity contribution in [3.8, 4) is 11.5 Å². The van der Waals surface area contributed by atoms with Crippen molar-refractivity contribution in [2.45, 2.75) is 165 Å². The van der Waals surface area contributed by atoms with Gasteiger partial charge in [0.05, 0.1) is 44.7 Å². The van der Waals surface area contributed by atoms with Crippen LogP contribution in [0.2, 0.25) is 0 Å². The molecule has 11 nitrogen and oxygen atoms in total. The van der Waals surface area contributed by atoms with E-state index < -0.39 is 23.3 Å². The average molecular weight is 949 g/mol. The Morgan fingerprint density at radius 2 is 1.61 bits per heavy atom. The Balaban J connectivity index is 1.62. The molecule has 0 radical (unpaired) electrons. The maximum atomic E-state index is 15.0. The first-order valence-electron chi connectivity index (χ1n) is 25.7. The number of aliphatic hydroxyl groups excluding tert-OH is 3. The highest BCUT2D eigenvalue weighted by Gasteiger charge is 2.65. The van der Waals surface area contributed by atoms with Gasteiger partial charge in [-0.25, -0.2) is 0 Å². The van der Waals surface area contributed by atoms with Crippen molar-refractivity contribution in [3.05, 3.63) is 78.4 Å². The zero-order valence-electron chi connectivity index (χ0n) is 41.3. The molecule has 1 fully saturated rings. The van der Waals surface area contributed by atoms with Gasteiger partial charge >= 0.3 is 0 Å². The third kappa shape index (κ3) is 16.1. The first-order valence-corrected chi connectivity index (χ1v) is 26.6. The summed E-state index contributed by atoms with van der Waals surface area (Å²) in [5.74, 6) is 0.521. The van der Waals surface area contributed by atoms with E-state index in [1.54, 1.807) is 17.8 Å². The van der Waals surface area contributed by atoms with Crippen LogP contribution in [0.15, 0.2) is 82.9 Å². The Kier molecular flexibility index (Phi) is 23.6. The number of hydrogen-bond donors (Lipinski definition) is 3. The van der Waals surface area contributed by atoms with Crippen LogP contribution >= 0.6 is 11.8 Å². The summed E-state index contributed by atoms with van der Waals surface area (Å²) in [6.07, 6.45) is 19.9. The van der Waals surface area contributed by atoms with Gasteiger partial charge in [-0.1, -0.05) is 107 Å². The van der Waals surface area contributed by atoms with Crippen LogP contribution in [0.1, 0.15) is 148 Å². The first kappa shape index (κ1) is 54.5. The quantitative estimate of drug-likeness (QED) is 0.0274. The van der Waals surface area contributed by atoms with Crippen molar-refractivity contribution >= 4 is 23.4 Å². The van der Waals surface area contributed by atoms with E-state index in [4.69, 9.17) is 28.9 Å². The summed E-state index contributed by atoms with van der Waals surface area (Å²) in [6, 6.07) is 15.8. The molecule has 0 saturated heterocycles. The second kappa shape index (κ2) is 28.9. The molecule has 0 aromatic heterocycles. The van der Waals surface area contributed by atoms with E-state index in [2.05, 4.69) is 37.8 Å². The van der Waals surface area contributed by atoms with Crippen molar-refractivity contribution < 1.29 is 43.9 Å². The number of carbonyl (C=O) groups excluding carboxylic acids is 1. The molecule has 6 atom stereocenters. The van der Waals surface area contributed by atoms with Crippen molar-refractivity contribution in [1.29, 1.82) is 0 Å². The van der Waals surface area contributed by atoms with Gasteiger partial charge in [0.1, 0.15) is 23.1 Å². The lowest BCUT2D eigenvalue weighted by molar-refractivity contribution is -0.258. The number of benzene rings is 2. The minimum absolute atomic E-state index is 0.00546. The Morgan fingerprint density at radius 3 is 2.30 bits per heavy atom. The number of rotatable bonds is 33. The van der Waals surface area contributed by atoms with E-state index in [9.17, 15) is 20.1 Å². The number of nitrogens with zero attached hydrogens (tertiary/aromatic N) is 2. The van der Waals surface area contributed by atoms with Gasteiger partial charge in [0.25, 0.3) is 0 Å². The first-order chi connectivity index (χ1) is 32.6. The molecule has 1 heterocycles. The summed E-state index contributed by atoms with van der Waals surface area (Å²) in [6.45, 7) is 13.8. The predicted octanol–water partition coefficient (Wildman–Crippen LogP) is 11.0. The van der Waals surface area contributed by atoms with Crippen LogP contribution in [-0.4, -0.2) is 108 Å². The van der Waals surface area contributed by atoms with E-state index in [1.165, 1.54) is 43.4 Å². The second-order valence-electron chi connectivity index (χ2n) is 19.5. The van der Waals surface area contributed by atoms with Crippen molar-refractivity contribution in [2.75, 3.05) is 58.5 Å². The molecule has 1 saturated carbocycles. The van der Waals surface area contributed by atoms with E-state index >= 15 is 0 Å². The highest BCUT2D eigenvalue weighted by molar-refractivity contribution is 7.99. The van der Waals surface area contributed by atoms with Crippen LogP contribution in [0.3, 0.4) is 0 Å². The lowest BCUT2D eigenvalue weighted by atomic mass is 9.55. The van der Waals surface area contributed by atoms with Crippen molar-refractivity contribution in [2.24, 2.45) is 22.9 Å². The summed E-state index contributed by atoms with van der Waals surface area (Å²) in [5, 5.41) is 34.7. The second-order valence-corrected chi connectivity index (χ2v) is 20.7. The molecule has 374 valence electrons. The summed E-state index contributed by atoms with van der Waals surface area (Å²) < 4.78 is 27.0. The lowest BCUT2D eigenvalue weighted by Gasteiger charge is -2.60. The molecule has 67 heavy (non-hydrogen) atoms. The molecule has 0 bridgehead atoms. The van der Waals surface area contributed by atoms with Crippen LogP contribution in [0.25, 0.3) is 0 Å². The minimum atomic E-state index is -1.36. The predicted molar refractivity (Wildman–Crippen MR) is 270 cm³/mol. The fraction of sp³-hybridized carbons (Fsp3) is 0.673. The fourth-order valence-electron chi connectivity index (χ4n) is 10.3. The lowest BCUT2D eigenvalue weighted by Crippen LogP contribution is -2.70. The number of unbranched alkanes of at least 4 members (excludes halogenated alkanes) is 10. The van der Waals surface area contributed by atoms with Crippen LogP contribution in [-0.2, 0) is 19.1 Å². The molecule has 0 spiro atoms. The molecule has 1 amide bonds. The maximum absolute atomic E-state index is 15.0. The number of aliphatic hydroxyl groups is 3. The third-order valence-electron chi connectivity index (χ3n) is 13.3. The molecule has 5 rings (SSSR count). The molecular formula is C55H84N2O9S. The summed E-state index contributed by atoms with van der Waals surface area (Å²) in [5.41, 5.74) is 2.21. The Bertz CT molecular complexity index is 1820. The van der Waals surface area contributed by atoms with Crippen molar-refractivity contribution in [1.82, 2.24) is 4.90 Å². The van der Waals surface area contributed by atoms with Gasteiger partial charge in [-0.3, -0.25) is 4.79 Å². The van der Waals surface area contributed by atoms with Gasteiger partial charge in [-0.2, -0.15) is 0 Å². The molecule has 3 N–H and O–H groups in total. The monoisotopic (exact) mass is 949 g/mol. The van der Waals surface area contributed by atoms with Gasteiger partial charge in [-0.15, -0.1) is 18.3 Å². The fourth-order valence-corrected chi connectivity index (χ4v) is 11.0. The van der Waals surface area contributed by atoms with Crippen LogP contribution in [0, 0.1) is 17.8 Å². The topological polar surface area (TPSA) is 140 Å². The smallest absolute Gasteiger partial charge is 0.239 e. The third-order valence-corrected chi connectivity index (χ3v) is 14.3. The van der Waals surface area contributed by atoms with Crippen LogP contribution < -0.4 is 9.47 Å². The number of ether oxygens (including phenoxy) is 4. The minimum Gasteiger partial charge on any atom is -0.493 e. The summed E-state index contributed by atoms with van der Waals surface area (Å²) in [7, 11) is 0. The molecule has 2 aromatic rings.